The van der Waals surface area contributed by atoms with Crippen molar-refractivity contribution in [1.82, 2.24) is 10.6 Å². The van der Waals surface area contributed by atoms with Gasteiger partial charge in [0.2, 0.25) is 17.7 Å². The van der Waals surface area contributed by atoms with Crippen LogP contribution in [0.4, 0.5) is 0 Å². The lowest BCUT2D eigenvalue weighted by molar-refractivity contribution is -0.138. The molecular formula is C10H15N3O3S. The molecule has 7 heteroatoms. The molecule has 1 fully saturated rings. The van der Waals surface area contributed by atoms with Crippen LogP contribution in [0, 0.1) is 5.41 Å². The van der Waals surface area contributed by atoms with Gasteiger partial charge >= 0.3 is 0 Å². The van der Waals surface area contributed by atoms with Gasteiger partial charge in [0.05, 0.1) is 10.4 Å². The fraction of sp³-hybridized carbons (Fsp3) is 0.600. The fourth-order valence-corrected chi connectivity index (χ4v) is 1.37. The Hall–Kier alpha value is -1.50. The van der Waals surface area contributed by atoms with Crippen LogP contribution in [0.3, 0.4) is 0 Å². The second kappa shape index (κ2) is 4.79. The molecule has 0 aromatic carbocycles. The monoisotopic (exact) mass is 257 g/mol. The maximum absolute atomic E-state index is 11.9. The van der Waals surface area contributed by atoms with Gasteiger partial charge in [0.15, 0.2) is 0 Å². The zero-order chi connectivity index (χ0) is 13.2. The van der Waals surface area contributed by atoms with E-state index in [1.807, 2.05) is 0 Å². The van der Waals surface area contributed by atoms with Gasteiger partial charge in [0.25, 0.3) is 0 Å². The van der Waals surface area contributed by atoms with Gasteiger partial charge < -0.3 is 11.1 Å². The maximum Gasteiger partial charge on any atom is 0.249 e. The van der Waals surface area contributed by atoms with E-state index < -0.39 is 23.3 Å². The third-order valence-electron chi connectivity index (χ3n) is 2.73. The number of carbonyl (C=O) groups excluding carboxylic acids is 3. The maximum atomic E-state index is 11.9. The van der Waals surface area contributed by atoms with Gasteiger partial charge in [-0.3, -0.25) is 19.7 Å². The molecule has 3 amide bonds. The first-order valence-corrected chi connectivity index (χ1v) is 5.60. The SMILES string of the molecule is CC(C)(C(=O)NC1CCC(=O)NC1=O)C(N)=S. The van der Waals surface area contributed by atoms with Crippen LogP contribution in [-0.4, -0.2) is 28.8 Å². The Morgan fingerprint density at radius 1 is 1.53 bits per heavy atom. The number of nitrogens with two attached hydrogens (primary N) is 1. The number of rotatable bonds is 3. The Balaban J connectivity index is 2.67. The number of hydrogen-bond acceptors (Lipinski definition) is 4. The molecule has 0 saturated carbocycles. The van der Waals surface area contributed by atoms with Crippen molar-refractivity contribution in [2.24, 2.45) is 11.1 Å². The van der Waals surface area contributed by atoms with Gasteiger partial charge in [0.1, 0.15) is 6.04 Å². The lowest BCUT2D eigenvalue weighted by Gasteiger charge is -2.27. The molecule has 0 spiro atoms. The molecule has 4 N–H and O–H groups in total. The van der Waals surface area contributed by atoms with E-state index in [4.69, 9.17) is 18.0 Å². The summed E-state index contributed by atoms with van der Waals surface area (Å²) in [7, 11) is 0. The van der Waals surface area contributed by atoms with Crippen molar-refractivity contribution in [2.75, 3.05) is 0 Å². The van der Waals surface area contributed by atoms with Crippen molar-refractivity contribution in [3.63, 3.8) is 0 Å². The summed E-state index contributed by atoms with van der Waals surface area (Å²) in [6.45, 7) is 3.16. The third kappa shape index (κ3) is 3.00. The van der Waals surface area contributed by atoms with Crippen LogP contribution in [-0.2, 0) is 14.4 Å². The Bertz CT molecular complexity index is 392. The molecule has 17 heavy (non-hydrogen) atoms. The minimum atomic E-state index is -1.02. The quantitative estimate of drug-likeness (QED) is 0.455. The van der Waals surface area contributed by atoms with Gasteiger partial charge in [0, 0.05) is 6.42 Å². The average Bonchev–Trinajstić information content (AvgIpc) is 2.21. The lowest BCUT2D eigenvalue weighted by atomic mass is 9.91. The zero-order valence-electron chi connectivity index (χ0n) is 9.70. The largest absolute Gasteiger partial charge is 0.392 e. The molecule has 1 aliphatic rings. The number of thiocarbonyl (C=S) groups is 1. The standard InChI is InChI=1S/C10H15N3O3S/c1-10(2,8(11)17)9(16)12-5-3-4-6(14)13-7(5)15/h5H,3-4H2,1-2H3,(H2,11,17)(H,12,16)(H,13,14,15). The first kappa shape index (κ1) is 13.6. The van der Waals surface area contributed by atoms with Crippen LogP contribution < -0.4 is 16.4 Å². The number of nitrogens with one attached hydrogen (secondary N) is 2. The molecule has 0 bridgehead atoms. The summed E-state index contributed by atoms with van der Waals surface area (Å²) in [5, 5.41) is 4.70. The molecule has 1 unspecified atom stereocenters. The van der Waals surface area contributed by atoms with Crippen LogP contribution in [0.5, 0.6) is 0 Å². The van der Waals surface area contributed by atoms with E-state index in [9.17, 15) is 14.4 Å². The van der Waals surface area contributed by atoms with Crippen molar-refractivity contribution < 1.29 is 14.4 Å². The van der Waals surface area contributed by atoms with E-state index in [0.29, 0.717) is 6.42 Å². The topological polar surface area (TPSA) is 101 Å². The molecule has 1 atom stereocenters. The smallest absolute Gasteiger partial charge is 0.249 e. The highest BCUT2D eigenvalue weighted by Gasteiger charge is 2.35. The fourth-order valence-electron chi connectivity index (χ4n) is 1.28. The van der Waals surface area contributed by atoms with Crippen molar-refractivity contribution in [1.29, 1.82) is 0 Å². The number of hydrogen-bond donors (Lipinski definition) is 3. The summed E-state index contributed by atoms with van der Waals surface area (Å²) in [6, 6.07) is -0.700. The second-order valence-corrected chi connectivity index (χ2v) is 4.91. The molecule has 0 aromatic rings. The molecule has 0 aliphatic carbocycles. The average molecular weight is 257 g/mol. The summed E-state index contributed by atoms with van der Waals surface area (Å²) in [5.41, 5.74) is 4.43. The summed E-state index contributed by atoms with van der Waals surface area (Å²) in [4.78, 5) is 34.3. The predicted octanol–water partition coefficient (Wildman–Crippen LogP) is -0.780. The van der Waals surface area contributed by atoms with Crippen LogP contribution in [0.15, 0.2) is 0 Å². The van der Waals surface area contributed by atoms with Crippen LogP contribution >= 0.6 is 12.2 Å². The minimum absolute atomic E-state index is 0.0577. The highest BCUT2D eigenvalue weighted by molar-refractivity contribution is 7.80. The van der Waals surface area contributed by atoms with E-state index in [1.165, 1.54) is 0 Å². The summed E-state index contributed by atoms with van der Waals surface area (Å²) < 4.78 is 0. The van der Waals surface area contributed by atoms with E-state index in [0.717, 1.165) is 0 Å². The summed E-state index contributed by atoms with van der Waals surface area (Å²) >= 11 is 4.79. The third-order valence-corrected chi connectivity index (χ3v) is 3.24. The first-order chi connectivity index (χ1) is 7.75. The van der Waals surface area contributed by atoms with E-state index in [2.05, 4.69) is 10.6 Å². The molecule has 1 saturated heterocycles. The first-order valence-electron chi connectivity index (χ1n) is 5.19. The molecule has 94 valence electrons. The normalized spacial score (nSPS) is 20.7. The highest BCUT2D eigenvalue weighted by atomic mass is 32.1. The molecular weight excluding hydrogens is 242 g/mol. The number of imide groups is 1. The predicted molar refractivity (Wildman–Crippen MR) is 64.9 cm³/mol. The lowest BCUT2D eigenvalue weighted by Crippen LogP contribution is -2.56. The molecule has 1 heterocycles. The van der Waals surface area contributed by atoms with Crippen LogP contribution in [0.1, 0.15) is 26.7 Å². The molecule has 0 radical (unpaired) electrons. The van der Waals surface area contributed by atoms with Crippen LogP contribution in [0.25, 0.3) is 0 Å². The molecule has 0 aromatic heterocycles. The number of carbonyl (C=O) groups is 3. The number of piperidine rings is 1. The number of amides is 3. The Kier molecular flexibility index (Phi) is 3.82. The molecule has 1 rings (SSSR count). The zero-order valence-corrected chi connectivity index (χ0v) is 10.5. The van der Waals surface area contributed by atoms with Gasteiger partial charge in [-0.05, 0) is 20.3 Å². The second-order valence-electron chi connectivity index (χ2n) is 4.47. The summed E-state index contributed by atoms with van der Waals surface area (Å²) in [5.74, 6) is -1.23. The van der Waals surface area contributed by atoms with E-state index >= 15 is 0 Å². The Morgan fingerprint density at radius 3 is 2.59 bits per heavy atom. The minimum Gasteiger partial charge on any atom is -0.392 e. The van der Waals surface area contributed by atoms with Crippen molar-refractivity contribution >= 4 is 34.9 Å². The van der Waals surface area contributed by atoms with Crippen LogP contribution in [0.2, 0.25) is 0 Å². The van der Waals surface area contributed by atoms with E-state index in [-0.39, 0.29) is 17.3 Å². The van der Waals surface area contributed by atoms with Crippen molar-refractivity contribution in [2.45, 2.75) is 32.7 Å². The van der Waals surface area contributed by atoms with E-state index in [1.54, 1.807) is 13.8 Å². The Morgan fingerprint density at radius 2 is 2.12 bits per heavy atom. The van der Waals surface area contributed by atoms with Gasteiger partial charge in [-0.25, -0.2) is 0 Å². The molecule has 6 nitrogen and oxygen atoms in total. The van der Waals surface area contributed by atoms with Crippen molar-refractivity contribution in [3.8, 4) is 0 Å². The highest BCUT2D eigenvalue weighted by Crippen LogP contribution is 2.16. The van der Waals surface area contributed by atoms with Crippen molar-refractivity contribution in [3.05, 3.63) is 0 Å². The van der Waals surface area contributed by atoms with Gasteiger partial charge in [-0.15, -0.1) is 0 Å². The molecule has 1 aliphatic heterocycles. The van der Waals surface area contributed by atoms with Gasteiger partial charge in [-0.1, -0.05) is 12.2 Å². The Labute approximate surface area is 104 Å². The van der Waals surface area contributed by atoms with Gasteiger partial charge in [-0.2, -0.15) is 0 Å². The summed E-state index contributed by atoms with van der Waals surface area (Å²) in [6.07, 6.45) is 0.508.